The number of nitrogens with two attached hydrogens (primary N) is 1. The summed E-state index contributed by atoms with van der Waals surface area (Å²) in [6, 6.07) is 18.5. The van der Waals surface area contributed by atoms with Gasteiger partial charge in [0.25, 0.3) is 12.1 Å². The molecule has 9 nitrogen and oxygen atoms in total. The van der Waals surface area contributed by atoms with E-state index in [1.807, 2.05) is 41.8 Å². The molecule has 0 bridgehead atoms. The number of benzene rings is 2. The zero-order valence-corrected chi connectivity index (χ0v) is 18.1. The molecule has 2 aromatic heterocycles. The second-order valence-electron chi connectivity index (χ2n) is 7.03. The molecule has 1 amide bonds. The zero-order chi connectivity index (χ0) is 23.2. The number of hydrogen-bond acceptors (Lipinski definition) is 8. The van der Waals surface area contributed by atoms with Crippen molar-refractivity contribution in [2.75, 3.05) is 16.0 Å². The molecule has 0 saturated heterocycles. The Kier molecular flexibility index (Phi) is 6.46. The Morgan fingerprint density at radius 2 is 1.88 bits per heavy atom. The second-order valence-corrected chi connectivity index (χ2v) is 7.95. The number of nitrogens with one attached hydrogen (secondary N) is 3. The van der Waals surface area contributed by atoms with Crippen LogP contribution in [-0.2, 0) is 6.54 Å². The Bertz CT molecular complexity index is 1350. The van der Waals surface area contributed by atoms with Gasteiger partial charge in [0, 0.05) is 29.5 Å². The summed E-state index contributed by atoms with van der Waals surface area (Å²) in [5.74, 6) is -0.380. The largest absolute Gasteiger partial charge is 0.380 e. The smallest absolute Gasteiger partial charge is 0.274 e. The van der Waals surface area contributed by atoms with Crippen LogP contribution in [0.3, 0.4) is 0 Å². The molecule has 0 aliphatic rings. The third-order valence-electron chi connectivity index (χ3n) is 4.73. The molecule has 0 saturated carbocycles. The molecule has 4 aromatic rings. The van der Waals surface area contributed by atoms with E-state index in [1.54, 1.807) is 30.5 Å². The van der Waals surface area contributed by atoms with Gasteiger partial charge in [0.2, 0.25) is 0 Å². The van der Waals surface area contributed by atoms with Crippen LogP contribution >= 0.6 is 11.3 Å². The fraction of sp³-hybridized carbons (Fsp3) is 0.0435. The number of fused-ring (bicyclic) bond motifs is 1. The highest BCUT2D eigenvalue weighted by atomic mass is 32.1. The number of thiophene rings is 1. The van der Waals surface area contributed by atoms with Gasteiger partial charge in [-0.1, -0.05) is 24.3 Å². The molecule has 33 heavy (non-hydrogen) atoms. The molecule has 10 heteroatoms. The van der Waals surface area contributed by atoms with Crippen LogP contribution in [-0.4, -0.2) is 15.8 Å². The van der Waals surface area contributed by atoms with E-state index in [0.717, 1.165) is 22.2 Å². The van der Waals surface area contributed by atoms with Gasteiger partial charge in [-0.2, -0.15) is 0 Å². The number of anilines is 3. The molecule has 2 aromatic carbocycles. The lowest BCUT2D eigenvalue weighted by atomic mass is 10.1. The maximum atomic E-state index is 12.9. The normalized spacial score (nSPS) is 11.2. The molecule has 0 radical (unpaired) electrons. The van der Waals surface area contributed by atoms with Gasteiger partial charge in [-0.05, 0) is 47.3 Å². The molecular formula is C23H20N6O3S. The number of nitro groups is 1. The Hall–Kier alpha value is -4.44. The fourth-order valence-corrected chi connectivity index (χ4v) is 4.06. The monoisotopic (exact) mass is 460 g/mol. The molecule has 5 N–H and O–H groups in total. The minimum absolute atomic E-state index is 0.114. The minimum Gasteiger partial charge on any atom is -0.380 e. The van der Waals surface area contributed by atoms with Crippen LogP contribution in [0.15, 0.2) is 84.3 Å². The standard InChI is InChI=1S/C23H20N6O3S/c24-21(14-29(31)32)27-16-4-3-5-17(12-16)28-23(30)22-20(9-11-33-22)26-13-15-8-10-25-19-7-2-1-6-18(15)19/h1-12,14,26-27H,13,24H2,(H,28,30)/b21-14+. The van der Waals surface area contributed by atoms with Gasteiger partial charge >= 0.3 is 0 Å². The maximum absolute atomic E-state index is 12.9. The van der Waals surface area contributed by atoms with Crippen molar-refractivity contribution in [2.45, 2.75) is 6.54 Å². The van der Waals surface area contributed by atoms with Crippen LogP contribution in [0, 0.1) is 10.1 Å². The molecule has 4 rings (SSSR count). The lowest BCUT2D eigenvalue weighted by molar-refractivity contribution is -0.403. The number of carbonyl (C=O) groups is 1. The number of nitrogens with zero attached hydrogens (tertiary/aromatic N) is 2. The third kappa shape index (κ3) is 5.43. The summed E-state index contributed by atoms with van der Waals surface area (Å²) in [6.07, 6.45) is 2.44. The second kappa shape index (κ2) is 9.79. The van der Waals surface area contributed by atoms with Gasteiger partial charge in [-0.15, -0.1) is 11.3 Å². The first-order valence-corrected chi connectivity index (χ1v) is 10.8. The van der Waals surface area contributed by atoms with Gasteiger partial charge in [0.1, 0.15) is 4.88 Å². The molecule has 0 aliphatic heterocycles. The number of hydrogen-bond donors (Lipinski definition) is 4. The zero-order valence-electron chi connectivity index (χ0n) is 17.3. The van der Waals surface area contributed by atoms with Crippen molar-refractivity contribution < 1.29 is 9.72 Å². The summed E-state index contributed by atoms with van der Waals surface area (Å²) in [7, 11) is 0. The van der Waals surface area contributed by atoms with E-state index in [9.17, 15) is 14.9 Å². The Morgan fingerprint density at radius 1 is 1.09 bits per heavy atom. The molecular weight excluding hydrogens is 440 g/mol. The lowest BCUT2D eigenvalue weighted by Crippen LogP contribution is -2.14. The van der Waals surface area contributed by atoms with Gasteiger partial charge < -0.3 is 21.7 Å². The van der Waals surface area contributed by atoms with Crippen molar-refractivity contribution in [3.63, 3.8) is 0 Å². The molecule has 0 atom stereocenters. The van der Waals surface area contributed by atoms with Crippen molar-refractivity contribution in [1.82, 2.24) is 4.98 Å². The topological polar surface area (TPSA) is 135 Å². The maximum Gasteiger partial charge on any atom is 0.274 e. The van der Waals surface area contributed by atoms with Crippen molar-refractivity contribution in [3.05, 3.63) is 105 Å². The van der Waals surface area contributed by atoms with Crippen molar-refractivity contribution in [1.29, 1.82) is 0 Å². The van der Waals surface area contributed by atoms with Gasteiger partial charge in [-0.25, -0.2) is 0 Å². The van der Waals surface area contributed by atoms with E-state index in [2.05, 4.69) is 20.9 Å². The van der Waals surface area contributed by atoms with Crippen LogP contribution in [0.5, 0.6) is 0 Å². The summed E-state index contributed by atoms with van der Waals surface area (Å²) in [5, 5.41) is 22.4. The SMILES string of the molecule is N/C(=C\[N+](=O)[O-])Nc1cccc(NC(=O)c2sccc2NCc2ccnc3ccccc23)c1. The minimum atomic E-state index is -0.645. The highest BCUT2D eigenvalue weighted by Crippen LogP contribution is 2.26. The number of aromatic nitrogens is 1. The number of para-hydroxylation sites is 1. The van der Waals surface area contributed by atoms with E-state index in [-0.39, 0.29) is 11.7 Å². The van der Waals surface area contributed by atoms with Crippen LogP contribution in [0.25, 0.3) is 10.9 Å². The van der Waals surface area contributed by atoms with Crippen LogP contribution in [0.1, 0.15) is 15.2 Å². The van der Waals surface area contributed by atoms with E-state index in [1.165, 1.54) is 11.3 Å². The first-order chi connectivity index (χ1) is 16.0. The van der Waals surface area contributed by atoms with Gasteiger partial charge in [-0.3, -0.25) is 19.9 Å². The average molecular weight is 461 g/mol. The summed E-state index contributed by atoms with van der Waals surface area (Å²) in [5.41, 5.74) is 9.35. The Labute approximate surface area is 193 Å². The van der Waals surface area contributed by atoms with Crippen LogP contribution in [0.4, 0.5) is 17.1 Å². The molecule has 166 valence electrons. The highest BCUT2D eigenvalue weighted by Gasteiger charge is 2.14. The number of rotatable bonds is 8. The predicted molar refractivity (Wildman–Crippen MR) is 131 cm³/mol. The molecule has 2 heterocycles. The summed E-state index contributed by atoms with van der Waals surface area (Å²) < 4.78 is 0. The number of amides is 1. The molecule has 0 aliphatic carbocycles. The van der Waals surface area contributed by atoms with E-state index < -0.39 is 4.92 Å². The van der Waals surface area contributed by atoms with E-state index in [0.29, 0.717) is 29.0 Å². The van der Waals surface area contributed by atoms with Crippen molar-refractivity contribution in [2.24, 2.45) is 5.73 Å². The average Bonchev–Trinajstić information content (AvgIpc) is 3.26. The lowest BCUT2D eigenvalue weighted by Gasteiger charge is -2.11. The fourth-order valence-electron chi connectivity index (χ4n) is 3.30. The van der Waals surface area contributed by atoms with Crippen LogP contribution in [0.2, 0.25) is 0 Å². The summed E-state index contributed by atoms with van der Waals surface area (Å²) in [4.78, 5) is 27.7. The number of pyridine rings is 1. The first kappa shape index (κ1) is 21.8. The van der Waals surface area contributed by atoms with Crippen LogP contribution < -0.4 is 21.7 Å². The first-order valence-electron chi connectivity index (χ1n) is 9.93. The molecule has 0 unspecified atom stereocenters. The van der Waals surface area contributed by atoms with Crippen molar-refractivity contribution >= 4 is 45.2 Å². The highest BCUT2D eigenvalue weighted by molar-refractivity contribution is 7.12. The number of carbonyl (C=O) groups excluding carboxylic acids is 1. The molecule has 0 fully saturated rings. The summed E-state index contributed by atoms with van der Waals surface area (Å²) in [6.45, 7) is 0.543. The third-order valence-corrected chi connectivity index (χ3v) is 5.65. The van der Waals surface area contributed by atoms with E-state index in [4.69, 9.17) is 5.73 Å². The Morgan fingerprint density at radius 3 is 2.70 bits per heavy atom. The summed E-state index contributed by atoms with van der Waals surface area (Å²) >= 11 is 1.33. The van der Waals surface area contributed by atoms with E-state index >= 15 is 0 Å². The predicted octanol–water partition coefficient (Wildman–Crippen LogP) is 4.61. The molecule has 0 spiro atoms. The Balaban J connectivity index is 1.45. The van der Waals surface area contributed by atoms with Gasteiger partial charge in [0.05, 0.1) is 16.1 Å². The van der Waals surface area contributed by atoms with Crippen molar-refractivity contribution in [3.8, 4) is 0 Å². The quantitative estimate of drug-likeness (QED) is 0.223. The van der Waals surface area contributed by atoms with Gasteiger partial charge in [0.15, 0.2) is 5.82 Å².